The molecular formula is C20H20FN7O2. The Morgan fingerprint density at radius 1 is 1.10 bits per heavy atom. The molecule has 0 radical (unpaired) electrons. The summed E-state index contributed by atoms with van der Waals surface area (Å²) in [7, 11) is 0. The Morgan fingerprint density at radius 2 is 1.90 bits per heavy atom. The van der Waals surface area contributed by atoms with E-state index >= 15 is 0 Å². The number of aromatic nitrogens is 4. The number of halogens is 1. The first-order valence-corrected chi connectivity index (χ1v) is 9.53. The maximum atomic E-state index is 12.9. The van der Waals surface area contributed by atoms with E-state index < -0.39 is 6.03 Å². The summed E-state index contributed by atoms with van der Waals surface area (Å²) in [5.41, 5.74) is 2.13. The SMILES string of the molecule is O=C(CNC(=O)NCc1ccc(F)cc1)Nc1cccc(-c2nnnn2C2CC2)c1. The molecule has 1 aromatic heterocycles. The standard InChI is InChI=1S/C20H20FN7O2/c21-15-6-4-13(5-7-15)11-22-20(30)23-12-18(29)24-16-3-1-2-14(10-16)19-25-26-27-28(19)17-8-9-17/h1-7,10,17H,8-9,11-12H2,(H,24,29)(H2,22,23,30). The second kappa shape index (κ2) is 8.68. The largest absolute Gasteiger partial charge is 0.334 e. The van der Waals surface area contributed by atoms with Crippen LogP contribution < -0.4 is 16.0 Å². The van der Waals surface area contributed by atoms with E-state index in [1.165, 1.54) is 12.1 Å². The lowest BCUT2D eigenvalue weighted by molar-refractivity contribution is -0.115. The Labute approximate surface area is 171 Å². The van der Waals surface area contributed by atoms with Gasteiger partial charge in [0.05, 0.1) is 12.6 Å². The van der Waals surface area contributed by atoms with E-state index in [9.17, 15) is 14.0 Å². The van der Waals surface area contributed by atoms with Gasteiger partial charge in [0, 0.05) is 17.8 Å². The number of carbonyl (C=O) groups excluding carboxylic acids is 2. The number of amides is 3. The number of nitrogens with one attached hydrogen (secondary N) is 3. The van der Waals surface area contributed by atoms with Gasteiger partial charge < -0.3 is 16.0 Å². The normalized spacial score (nSPS) is 13.0. The molecule has 3 aromatic rings. The summed E-state index contributed by atoms with van der Waals surface area (Å²) in [6, 6.07) is 12.9. The van der Waals surface area contributed by atoms with E-state index in [2.05, 4.69) is 31.5 Å². The minimum atomic E-state index is -0.494. The number of benzene rings is 2. The van der Waals surface area contributed by atoms with Gasteiger partial charge in [-0.3, -0.25) is 4.79 Å². The minimum absolute atomic E-state index is 0.195. The highest BCUT2D eigenvalue weighted by Gasteiger charge is 2.28. The first kappa shape index (κ1) is 19.5. The van der Waals surface area contributed by atoms with Gasteiger partial charge in [0.25, 0.3) is 0 Å². The van der Waals surface area contributed by atoms with Crippen LogP contribution in [0.1, 0.15) is 24.4 Å². The van der Waals surface area contributed by atoms with Crippen LogP contribution in [0.5, 0.6) is 0 Å². The van der Waals surface area contributed by atoms with E-state index in [-0.39, 0.29) is 24.8 Å². The third-order valence-corrected chi connectivity index (χ3v) is 4.57. The summed E-state index contributed by atoms with van der Waals surface area (Å²) < 4.78 is 14.7. The maximum absolute atomic E-state index is 12.9. The topological polar surface area (TPSA) is 114 Å². The van der Waals surface area contributed by atoms with Crippen LogP contribution in [0.2, 0.25) is 0 Å². The quantitative estimate of drug-likeness (QED) is 0.554. The summed E-state index contributed by atoms with van der Waals surface area (Å²) in [5.74, 6) is -0.0502. The van der Waals surface area contributed by atoms with Gasteiger partial charge in [-0.2, -0.15) is 0 Å². The molecule has 4 rings (SSSR count). The number of anilines is 1. The zero-order valence-electron chi connectivity index (χ0n) is 16.0. The number of rotatable bonds is 7. The monoisotopic (exact) mass is 409 g/mol. The van der Waals surface area contributed by atoms with Gasteiger partial charge in [-0.05, 0) is 53.1 Å². The van der Waals surface area contributed by atoms with Gasteiger partial charge in [-0.25, -0.2) is 13.9 Å². The van der Waals surface area contributed by atoms with Gasteiger partial charge >= 0.3 is 6.03 Å². The number of nitrogens with zero attached hydrogens (tertiary/aromatic N) is 4. The van der Waals surface area contributed by atoms with Crippen LogP contribution in [0.3, 0.4) is 0 Å². The summed E-state index contributed by atoms with van der Waals surface area (Å²) in [6.45, 7) is 0.0325. The molecule has 2 aromatic carbocycles. The highest BCUT2D eigenvalue weighted by atomic mass is 19.1. The Balaban J connectivity index is 1.27. The van der Waals surface area contributed by atoms with Crippen LogP contribution in [0, 0.1) is 5.82 Å². The molecule has 1 fully saturated rings. The highest BCUT2D eigenvalue weighted by Crippen LogP contribution is 2.36. The lowest BCUT2D eigenvalue weighted by atomic mass is 10.2. The lowest BCUT2D eigenvalue weighted by Crippen LogP contribution is -2.39. The van der Waals surface area contributed by atoms with Crippen LogP contribution in [0.4, 0.5) is 14.9 Å². The van der Waals surface area contributed by atoms with E-state index in [0.29, 0.717) is 17.6 Å². The van der Waals surface area contributed by atoms with Crippen molar-refractivity contribution >= 4 is 17.6 Å². The number of carbonyl (C=O) groups is 2. The molecule has 1 aliphatic rings. The molecule has 3 N–H and O–H groups in total. The van der Waals surface area contributed by atoms with Crippen LogP contribution >= 0.6 is 0 Å². The Hall–Kier alpha value is -3.82. The molecule has 0 bridgehead atoms. The molecule has 1 aliphatic carbocycles. The first-order chi connectivity index (χ1) is 14.6. The van der Waals surface area contributed by atoms with Gasteiger partial charge in [-0.1, -0.05) is 24.3 Å². The fourth-order valence-electron chi connectivity index (χ4n) is 2.90. The molecule has 10 heteroatoms. The van der Waals surface area contributed by atoms with Crippen LogP contribution in [-0.2, 0) is 11.3 Å². The minimum Gasteiger partial charge on any atom is -0.334 e. The average molecular weight is 409 g/mol. The van der Waals surface area contributed by atoms with E-state index in [0.717, 1.165) is 24.0 Å². The summed E-state index contributed by atoms with van der Waals surface area (Å²) >= 11 is 0. The van der Waals surface area contributed by atoms with Gasteiger partial charge in [0.15, 0.2) is 5.82 Å². The van der Waals surface area contributed by atoms with E-state index in [1.54, 1.807) is 35.0 Å². The van der Waals surface area contributed by atoms with Crippen molar-refractivity contribution < 1.29 is 14.0 Å². The molecule has 1 heterocycles. The third kappa shape index (κ3) is 4.96. The predicted octanol–water partition coefficient (Wildman–Crippen LogP) is 2.25. The number of urea groups is 1. The smallest absolute Gasteiger partial charge is 0.315 e. The van der Waals surface area contributed by atoms with Crippen molar-refractivity contribution in [3.05, 3.63) is 59.9 Å². The Morgan fingerprint density at radius 3 is 2.67 bits per heavy atom. The average Bonchev–Trinajstić information content (AvgIpc) is 3.48. The van der Waals surface area contributed by atoms with Crippen LogP contribution in [0.15, 0.2) is 48.5 Å². The molecular weight excluding hydrogens is 389 g/mol. The second-order valence-corrected chi connectivity index (χ2v) is 6.97. The maximum Gasteiger partial charge on any atom is 0.315 e. The zero-order chi connectivity index (χ0) is 20.9. The molecule has 9 nitrogen and oxygen atoms in total. The molecule has 30 heavy (non-hydrogen) atoms. The molecule has 3 amide bonds. The molecule has 0 unspecified atom stereocenters. The van der Waals surface area contributed by atoms with Gasteiger partial charge in [-0.15, -0.1) is 5.10 Å². The second-order valence-electron chi connectivity index (χ2n) is 6.97. The Kier molecular flexibility index (Phi) is 5.64. The number of hydrogen-bond acceptors (Lipinski definition) is 5. The number of tetrazole rings is 1. The van der Waals surface area contributed by atoms with E-state index in [1.807, 2.05) is 6.07 Å². The van der Waals surface area contributed by atoms with Crippen molar-refractivity contribution in [3.8, 4) is 11.4 Å². The molecule has 0 atom stereocenters. The summed E-state index contributed by atoms with van der Waals surface area (Å²) in [5, 5.41) is 19.7. The fraction of sp³-hybridized carbons (Fsp3) is 0.250. The third-order valence-electron chi connectivity index (χ3n) is 4.57. The Bertz CT molecular complexity index is 1050. The summed E-state index contributed by atoms with van der Waals surface area (Å²) in [6.07, 6.45) is 2.12. The molecule has 0 saturated heterocycles. The van der Waals surface area contributed by atoms with Crippen molar-refractivity contribution in [3.63, 3.8) is 0 Å². The van der Waals surface area contributed by atoms with Crippen LogP contribution in [0.25, 0.3) is 11.4 Å². The first-order valence-electron chi connectivity index (χ1n) is 9.53. The van der Waals surface area contributed by atoms with Crippen molar-refractivity contribution in [1.82, 2.24) is 30.8 Å². The van der Waals surface area contributed by atoms with Crippen molar-refractivity contribution in [2.24, 2.45) is 0 Å². The highest BCUT2D eigenvalue weighted by molar-refractivity contribution is 5.94. The molecule has 1 saturated carbocycles. The lowest BCUT2D eigenvalue weighted by Gasteiger charge is -2.10. The van der Waals surface area contributed by atoms with Crippen molar-refractivity contribution in [1.29, 1.82) is 0 Å². The fourth-order valence-corrected chi connectivity index (χ4v) is 2.90. The van der Waals surface area contributed by atoms with Crippen LogP contribution in [-0.4, -0.2) is 38.7 Å². The molecule has 0 aliphatic heterocycles. The van der Waals surface area contributed by atoms with Crippen molar-refractivity contribution in [2.45, 2.75) is 25.4 Å². The number of hydrogen-bond donors (Lipinski definition) is 3. The van der Waals surface area contributed by atoms with Gasteiger partial charge in [0.1, 0.15) is 5.82 Å². The summed E-state index contributed by atoms with van der Waals surface area (Å²) in [4.78, 5) is 24.0. The predicted molar refractivity (Wildman–Crippen MR) is 107 cm³/mol. The zero-order valence-corrected chi connectivity index (χ0v) is 16.0. The van der Waals surface area contributed by atoms with Gasteiger partial charge in [0.2, 0.25) is 5.91 Å². The van der Waals surface area contributed by atoms with Crippen molar-refractivity contribution in [2.75, 3.05) is 11.9 Å². The molecule has 0 spiro atoms. The molecule has 154 valence electrons. The van der Waals surface area contributed by atoms with E-state index in [4.69, 9.17) is 0 Å².